The van der Waals surface area contributed by atoms with Crippen LogP contribution in [-0.4, -0.2) is 12.4 Å². The van der Waals surface area contributed by atoms with Crippen LogP contribution < -0.4 is 0 Å². The second-order valence-electron chi connectivity index (χ2n) is 5.33. The molecule has 2 nitrogen and oxygen atoms in total. The molecule has 2 rings (SSSR count). The molecule has 4 heteroatoms. The lowest BCUT2D eigenvalue weighted by Crippen LogP contribution is -1.85. The fourth-order valence-electron chi connectivity index (χ4n) is 2.43. The molecule has 0 atom stereocenters. The standard InChI is InChI=1S/C18H18Cl2N2/c1-11-7-15(19)8-12(2)17(11)21-5-6-22-18-13(3)9-16(20)10-14(18)4/h5-10H,1-4H3. The van der Waals surface area contributed by atoms with Crippen LogP contribution in [0, 0.1) is 27.7 Å². The van der Waals surface area contributed by atoms with Crippen molar-refractivity contribution in [2.75, 3.05) is 0 Å². The summed E-state index contributed by atoms with van der Waals surface area (Å²) in [5.41, 5.74) is 6.06. The Balaban J connectivity index is 2.24. The Morgan fingerprint density at radius 1 is 0.636 bits per heavy atom. The Labute approximate surface area is 141 Å². The molecule has 0 spiro atoms. The summed E-state index contributed by atoms with van der Waals surface area (Å²) < 4.78 is 0. The van der Waals surface area contributed by atoms with Crippen LogP contribution in [0.25, 0.3) is 0 Å². The third kappa shape index (κ3) is 3.96. The maximum atomic E-state index is 6.02. The molecule has 0 aliphatic rings. The van der Waals surface area contributed by atoms with Crippen molar-refractivity contribution in [3.8, 4) is 0 Å². The number of rotatable bonds is 3. The van der Waals surface area contributed by atoms with Gasteiger partial charge in [0.1, 0.15) is 0 Å². The topological polar surface area (TPSA) is 24.7 Å². The van der Waals surface area contributed by atoms with Gasteiger partial charge < -0.3 is 0 Å². The summed E-state index contributed by atoms with van der Waals surface area (Å²) in [4.78, 5) is 8.96. The molecule has 0 amide bonds. The van der Waals surface area contributed by atoms with Crippen LogP contribution in [0.1, 0.15) is 22.3 Å². The number of hydrogen-bond donors (Lipinski definition) is 0. The smallest absolute Gasteiger partial charge is 0.0689 e. The molecule has 0 aliphatic carbocycles. The Morgan fingerprint density at radius 2 is 0.909 bits per heavy atom. The van der Waals surface area contributed by atoms with Crippen molar-refractivity contribution >= 4 is 47.0 Å². The zero-order valence-electron chi connectivity index (χ0n) is 13.1. The third-order valence-electron chi connectivity index (χ3n) is 3.39. The molecule has 0 N–H and O–H groups in total. The van der Waals surface area contributed by atoms with Crippen LogP contribution in [0.15, 0.2) is 34.3 Å². The molecule has 0 aliphatic heterocycles. The maximum Gasteiger partial charge on any atom is 0.0689 e. The summed E-state index contributed by atoms with van der Waals surface area (Å²) in [6.45, 7) is 7.98. The molecule has 0 fully saturated rings. The minimum absolute atomic E-state index is 0.732. The molecule has 0 heterocycles. The van der Waals surface area contributed by atoms with Crippen LogP contribution in [0.2, 0.25) is 10.0 Å². The van der Waals surface area contributed by atoms with Gasteiger partial charge in [0.2, 0.25) is 0 Å². The van der Waals surface area contributed by atoms with Gasteiger partial charge in [0.05, 0.1) is 11.4 Å². The molecular weight excluding hydrogens is 315 g/mol. The Hall–Kier alpha value is -1.64. The number of aliphatic imine (C=N–C) groups is 2. The molecule has 2 aromatic carbocycles. The summed E-state index contributed by atoms with van der Waals surface area (Å²) in [7, 11) is 0. The molecule has 0 aromatic heterocycles. The van der Waals surface area contributed by atoms with Crippen molar-refractivity contribution in [2.45, 2.75) is 27.7 Å². The van der Waals surface area contributed by atoms with E-state index in [4.69, 9.17) is 23.2 Å². The molecule has 0 saturated heterocycles. The first kappa shape index (κ1) is 16.7. The predicted octanol–water partition coefficient (Wildman–Crippen LogP) is 6.33. The summed E-state index contributed by atoms with van der Waals surface area (Å²) in [6, 6.07) is 7.63. The van der Waals surface area contributed by atoms with Crippen LogP contribution in [0.5, 0.6) is 0 Å². The highest BCUT2D eigenvalue weighted by Gasteiger charge is 2.03. The van der Waals surface area contributed by atoms with Crippen LogP contribution in [-0.2, 0) is 0 Å². The van der Waals surface area contributed by atoms with E-state index < -0.39 is 0 Å². The van der Waals surface area contributed by atoms with E-state index in [0.717, 1.165) is 43.7 Å². The van der Waals surface area contributed by atoms with Crippen molar-refractivity contribution in [3.05, 3.63) is 56.6 Å². The lowest BCUT2D eigenvalue weighted by molar-refractivity contribution is 1.33. The zero-order valence-corrected chi connectivity index (χ0v) is 14.6. The average Bonchev–Trinajstić information content (AvgIpc) is 2.38. The molecule has 0 saturated carbocycles. The fraction of sp³-hybridized carbons (Fsp3) is 0.222. The minimum Gasteiger partial charge on any atom is -0.255 e. The van der Waals surface area contributed by atoms with Gasteiger partial charge in [-0.1, -0.05) is 23.2 Å². The van der Waals surface area contributed by atoms with Gasteiger partial charge in [0.25, 0.3) is 0 Å². The van der Waals surface area contributed by atoms with Crippen molar-refractivity contribution in [1.82, 2.24) is 0 Å². The van der Waals surface area contributed by atoms with E-state index in [1.807, 2.05) is 52.0 Å². The Kier molecular flexibility index (Phi) is 5.38. The van der Waals surface area contributed by atoms with E-state index in [1.165, 1.54) is 0 Å². The second-order valence-corrected chi connectivity index (χ2v) is 6.21. The van der Waals surface area contributed by atoms with Crippen molar-refractivity contribution in [2.24, 2.45) is 9.98 Å². The first-order valence-electron chi connectivity index (χ1n) is 6.98. The van der Waals surface area contributed by atoms with Gasteiger partial charge in [-0.25, -0.2) is 0 Å². The quantitative estimate of drug-likeness (QED) is 0.586. The SMILES string of the molecule is Cc1cc(Cl)cc(C)c1N=CC=Nc1c(C)cc(Cl)cc1C. The number of halogens is 2. The number of nitrogens with zero attached hydrogens (tertiary/aromatic N) is 2. The normalized spacial score (nSPS) is 11.7. The van der Waals surface area contributed by atoms with E-state index in [1.54, 1.807) is 12.4 Å². The van der Waals surface area contributed by atoms with Gasteiger partial charge in [-0.3, -0.25) is 9.98 Å². The Bertz CT molecular complexity index is 650. The Morgan fingerprint density at radius 3 is 1.18 bits per heavy atom. The number of hydrogen-bond acceptors (Lipinski definition) is 2. The second kappa shape index (κ2) is 7.08. The van der Waals surface area contributed by atoms with Crippen molar-refractivity contribution in [1.29, 1.82) is 0 Å². The van der Waals surface area contributed by atoms with Crippen LogP contribution in [0.4, 0.5) is 11.4 Å². The number of aryl methyl sites for hydroxylation is 4. The first-order chi connectivity index (χ1) is 10.4. The molecule has 2 aromatic rings. The average molecular weight is 333 g/mol. The highest BCUT2D eigenvalue weighted by atomic mass is 35.5. The van der Waals surface area contributed by atoms with Crippen molar-refractivity contribution in [3.63, 3.8) is 0 Å². The highest BCUT2D eigenvalue weighted by Crippen LogP contribution is 2.28. The molecular formula is C18H18Cl2N2. The van der Waals surface area contributed by atoms with Crippen LogP contribution in [0.3, 0.4) is 0 Å². The first-order valence-corrected chi connectivity index (χ1v) is 7.74. The monoisotopic (exact) mass is 332 g/mol. The fourth-order valence-corrected chi connectivity index (χ4v) is 3.08. The van der Waals surface area contributed by atoms with E-state index in [0.29, 0.717) is 0 Å². The lowest BCUT2D eigenvalue weighted by atomic mass is 10.1. The third-order valence-corrected chi connectivity index (χ3v) is 3.82. The summed E-state index contributed by atoms with van der Waals surface area (Å²) >= 11 is 12.0. The van der Waals surface area contributed by atoms with E-state index in [2.05, 4.69) is 9.98 Å². The summed E-state index contributed by atoms with van der Waals surface area (Å²) in [5.74, 6) is 0. The van der Waals surface area contributed by atoms with Gasteiger partial charge in [-0.2, -0.15) is 0 Å². The summed E-state index contributed by atoms with van der Waals surface area (Å²) in [5, 5.41) is 1.46. The highest BCUT2D eigenvalue weighted by molar-refractivity contribution is 6.31. The maximum absolute atomic E-state index is 6.02. The largest absolute Gasteiger partial charge is 0.255 e. The van der Waals surface area contributed by atoms with E-state index in [9.17, 15) is 0 Å². The molecule has 114 valence electrons. The van der Waals surface area contributed by atoms with Gasteiger partial charge in [-0.05, 0) is 74.2 Å². The van der Waals surface area contributed by atoms with Crippen LogP contribution >= 0.6 is 23.2 Å². The predicted molar refractivity (Wildman–Crippen MR) is 98.2 cm³/mol. The van der Waals surface area contributed by atoms with E-state index in [-0.39, 0.29) is 0 Å². The molecule has 0 unspecified atom stereocenters. The van der Waals surface area contributed by atoms with Gasteiger partial charge in [0.15, 0.2) is 0 Å². The van der Waals surface area contributed by atoms with Gasteiger partial charge in [-0.15, -0.1) is 0 Å². The van der Waals surface area contributed by atoms with Crippen molar-refractivity contribution < 1.29 is 0 Å². The molecule has 0 bridgehead atoms. The van der Waals surface area contributed by atoms with E-state index >= 15 is 0 Å². The molecule has 22 heavy (non-hydrogen) atoms. The van der Waals surface area contributed by atoms with Gasteiger partial charge >= 0.3 is 0 Å². The zero-order chi connectivity index (χ0) is 16.3. The molecule has 0 radical (unpaired) electrons. The van der Waals surface area contributed by atoms with Gasteiger partial charge in [0, 0.05) is 22.5 Å². The number of benzene rings is 2. The minimum atomic E-state index is 0.732. The summed E-state index contributed by atoms with van der Waals surface area (Å²) in [6.07, 6.45) is 3.41. The lowest BCUT2D eigenvalue weighted by Gasteiger charge is -2.05.